The van der Waals surface area contributed by atoms with E-state index in [4.69, 9.17) is 15.2 Å². The van der Waals surface area contributed by atoms with E-state index in [0.717, 1.165) is 51.4 Å². The molecule has 0 saturated heterocycles. The number of hydrogen-bond acceptors (Lipinski definition) is 5. The summed E-state index contributed by atoms with van der Waals surface area (Å²) in [7, 11) is 0. The molecular formula is C17H33NO4. The Balaban J connectivity index is 3.58. The molecule has 0 rings (SSSR count). The molecule has 0 saturated carbocycles. The molecule has 5 nitrogen and oxygen atoms in total. The molecule has 0 aliphatic heterocycles. The second-order valence-electron chi connectivity index (χ2n) is 5.65. The van der Waals surface area contributed by atoms with Crippen molar-refractivity contribution >= 4 is 11.9 Å². The molecule has 2 N–H and O–H groups in total. The fraction of sp³-hybridized carbons (Fsp3) is 0.882. The van der Waals surface area contributed by atoms with Gasteiger partial charge in [-0.1, -0.05) is 52.4 Å². The Bertz CT molecular complexity index is 294. The van der Waals surface area contributed by atoms with Crippen LogP contribution in [0.25, 0.3) is 0 Å². The first kappa shape index (κ1) is 20.9. The normalized spacial score (nSPS) is 12.0. The first-order chi connectivity index (χ1) is 10.6. The van der Waals surface area contributed by atoms with Crippen LogP contribution in [-0.4, -0.2) is 31.2 Å². The van der Waals surface area contributed by atoms with Crippen LogP contribution in [0.15, 0.2) is 0 Å². The lowest BCUT2D eigenvalue weighted by Crippen LogP contribution is -2.33. The molecule has 0 aromatic heterocycles. The van der Waals surface area contributed by atoms with E-state index in [-0.39, 0.29) is 18.8 Å². The first-order valence-electron chi connectivity index (χ1n) is 8.69. The summed E-state index contributed by atoms with van der Waals surface area (Å²) in [5.41, 5.74) is 5.72. The highest BCUT2D eigenvalue weighted by Crippen LogP contribution is 2.04. The van der Waals surface area contributed by atoms with Gasteiger partial charge < -0.3 is 15.2 Å². The van der Waals surface area contributed by atoms with Crippen molar-refractivity contribution in [2.24, 2.45) is 5.73 Å². The highest BCUT2D eigenvalue weighted by atomic mass is 16.5. The Morgan fingerprint density at radius 1 is 0.864 bits per heavy atom. The van der Waals surface area contributed by atoms with E-state index in [1.54, 1.807) is 0 Å². The molecule has 0 aromatic carbocycles. The van der Waals surface area contributed by atoms with E-state index in [0.29, 0.717) is 13.2 Å². The molecular weight excluding hydrogens is 282 g/mol. The zero-order valence-corrected chi connectivity index (χ0v) is 14.3. The summed E-state index contributed by atoms with van der Waals surface area (Å²) in [4.78, 5) is 23.1. The fourth-order valence-electron chi connectivity index (χ4n) is 1.99. The Morgan fingerprint density at radius 3 is 1.95 bits per heavy atom. The van der Waals surface area contributed by atoms with Crippen LogP contribution < -0.4 is 5.73 Å². The topological polar surface area (TPSA) is 78.6 Å². The van der Waals surface area contributed by atoms with E-state index in [1.807, 2.05) is 0 Å². The van der Waals surface area contributed by atoms with E-state index in [1.165, 1.54) is 0 Å². The lowest BCUT2D eigenvalue weighted by Gasteiger charge is -2.11. The molecule has 22 heavy (non-hydrogen) atoms. The summed E-state index contributed by atoms with van der Waals surface area (Å²) in [5, 5.41) is 0. The van der Waals surface area contributed by atoms with Crippen molar-refractivity contribution in [1.82, 2.24) is 0 Å². The van der Waals surface area contributed by atoms with Gasteiger partial charge >= 0.3 is 11.9 Å². The average Bonchev–Trinajstić information content (AvgIpc) is 2.52. The molecule has 5 heteroatoms. The largest absolute Gasteiger partial charge is 0.466 e. The minimum Gasteiger partial charge on any atom is -0.466 e. The van der Waals surface area contributed by atoms with Crippen molar-refractivity contribution in [1.29, 1.82) is 0 Å². The number of rotatable bonds is 14. The molecule has 0 unspecified atom stereocenters. The second-order valence-corrected chi connectivity index (χ2v) is 5.65. The summed E-state index contributed by atoms with van der Waals surface area (Å²) in [6, 6.07) is -0.737. The molecule has 0 heterocycles. The van der Waals surface area contributed by atoms with E-state index in [2.05, 4.69) is 13.8 Å². The van der Waals surface area contributed by atoms with Gasteiger partial charge in [0, 0.05) is 6.42 Å². The van der Waals surface area contributed by atoms with E-state index < -0.39 is 12.0 Å². The van der Waals surface area contributed by atoms with Gasteiger partial charge in [0.25, 0.3) is 0 Å². The maximum absolute atomic E-state index is 11.6. The van der Waals surface area contributed by atoms with E-state index in [9.17, 15) is 9.59 Å². The van der Waals surface area contributed by atoms with Crippen molar-refractivity contribution in [3.63, 3.8) is 0 Å². The van der Waals surface area contributed by atoms with Crippen LogP contribution in [0.1, 0.15) is 78.1 Å². The summed E-state index contributed by atoms with van der Waals surface area (Å²) in [6.07, 6.45) is 8.95. The molecule has 1 atom stereocenters. The van der Waals surface area contributed by atoms with Gasteiger partial charge in [-0.25, -0.2) is 0 Å². The lowest BCUT2D eigenvalue weighted by molar-refractivity contribution is -0.146. The van der Waals surface area contributed by atoms with Crippen LogP contribution in [0.2, 0.25) is 0 Å². The highest BCUT2D eigenvalue weighted by molar-refractivity contribution is 5.77. The third kappa shape index (κ3) is 12.6. The number of esters is 2. The van der Waals surface area contributed by atoms with Gasteiger partial charge in [-0.3, -0.25) is 9.59 Å². The summed E-state index contributed by atoms with van der Waals surface area (Å²) in [5.74, 6) is -0.713. The van der Waals surface area contributed by atoms with E-state index >= 15 is 0 Å². The number of carbonyl (C=O) groups excluding carboxylic acids is 2. The van der Waals surface area contributed by atoms with Crippen LogP contribution in [0.3, 0.4) is 0 Å². The van der Waals surface area contributed by atoms with Gasteiger partial charge in [-0.05, 0) is 19.3 Å². The molecule has 0 amide bonds. The van der Waals surface area contributed by atoms with Crippen molar-refractivity contribution in [3.8, 4) is 0 Å². The molecule has 0 aliphatic carbocycles. The van der Waals surface area contributed by atoms with Gasteiger partial charge in [0.2, 0.25) is 0 Å². The Kier molecular flexibility index (Phi) is 14.1. The number of carbonyl (C=O) groups is 2. The SMILES string of the molecule is CCCCCCOC(=O)CC[C@@H](N)C(=O)OCCCCCC. The van der Waals surface area contributed by atoms with Crippen LogP contribution in [0.5, 0.6) is 0 Å². The van der Waals surface area contributed by atoms with Crippen LogP contribution >= 0.6 is 0 Å². The summed E-state index contributed by atoms with van der Waals surface area (Å²) in [6.45, 7) is 5.13. The number of ether oxygens (including phenoxy) is 2. The molecule has 130 valence electrons. The smallest absolute Gasteiger partial charge is 0.322 e. The number of nitrogens with two attached hydrogens (primary N) is 1. The molecule has 0 bridgehead atoms. The van der Waals surface area contributed by atoms with Gasteiger partial charge in [0.1, 0.15) is 6.04 Å². The average molecular weight is 315 g/mol. The minimum atomic E-state index is -0.737. The zero-order valence-electron chi connectivity index (χ0n) is 14.3. The van der Waals surface area contributed by atoms with Crippen LogP contribution in [0.4, 0.5) is 0 Å². The maximum Gasteiger partial charge on any atom is 0.322 e. The Morgan fingerprint density at radius 2 is 1.41 bits per heavy atom. The molecule has 0 fully saturated rings. The Hall–Kier alpha value is -1.10. The molecule has 0 aliphatic rings. The fourth-order valence-corrected chi connectivity index (χ4v) is 1.99. The van der Waals surface area contributed by atoms with Gasteiger partial charge in [-0.15, -0.1) is 0 Å². The summed E-state index contributed by atoms with van der Waals surface area (Å²) < 4.78 is 10.2. The third-order valence-corrected chi connectivity index (χ3v) is 3.47. The predicted octanol–water partition coefficient (Wildman–Crippen LogP) is 3.34. The third-order valence-electron chi connectivity index (χ3n) is 3.47. The van der Waals surface area contributed by atoms with Gasteiger partial charge in [-0.2, -0.15) is 0 Å². The number of hydrogen-bond donors (Lipinski definition) is 1. The molecule has 0 radical (unpaired) electrons. The van der Waals surface area contributed by atoms with Crippen molar-refractivity contribution in [2.45, 2.75) is 84.1 Å². The lowest BCUT2D eigenvalue weighted by atomic mass is 10.1. The summed E-state index contributed by atoms with van der Waals surface area (Å²) >= 11 is 0. The minimum absolute atomic E-state index is 0.167. The van der Waals surface area contributed by atoms with Crippen molar-refractivity contribution < 1.29 is 19.1 Å². The van der Waals surface area contributed by atoms with Crippen LogP contribution in [-0.2, 0) is 19.1 Å². The standard InChI is InChI=1S/C17H33NO4/c1-3-5-7-9-13-21-16(19)12-11-15(18)17(20)22-14-10-8-6-4-2/h15H,3-14,18H2,1-2H3/t15-/m1/s1. The molecule has 0 spiro atoms. The molecule has 0 aromatic rings. The van der Waals surface area contributed by atoms with Gasteiger partial charge in [0.15, 0.2) is 0 Å². The monoisotopic (exact) mass is 315 g/mol. The number of unbranched alkanes of at least 4 members (excludes halogenated alkanes) is 6. The van der Waals surface area contributed by atoms with Crippen LogP contribution in [0, 0.1) is 0 Å². The van der Waals surface area contributed by atoms with Crippen molar-refractivity contribution in [2.75, 3.05) is 13.2 Å². The maximum atomic E-state index is 11.6. The van der Waals surface area contributed by atoms with Gasteiger partial charge in [0.05, 0.1) is 13.2 Å². The zero-order chi connectivity index (χ0) is 16.6. The first-order valence-corrected chi connectivity index (χ1v) is 8.69. The second kappa shape index (κ2) is 14.8. The predicted molar refractivity (Wildman–Crippen MR) is 87.4 cm³/mol. The quantitative estimate of drug-likeness (QED) is 0.393. The Labute approximate surface area is 134 Å². The highest BCUT2D eigenvalue weighted by Gasteiger charge is 2.16. The van der Waals surface area contributed by atoms with Crippen molar-refractivity contribution in [3.05, 3.63) is 0 Å².